The smallest absolute Gasteiger partial charge is 0.265 e. The predicted molar refractivity (Wildman–Crippen MR) is 122 cm³/mol. The van der Waals surface area contributed by atoms with Crippen LogP contribution in [0.5, 0.6) is 0 Å². The summed E-state index contributed by atoms with van der Waals surface area (Å²) in [4.78, 5) is 20.3. The van der Waals surface area contributed by atoms with Gasteiger partial charge in [0.2, 0.25) is 0 Å². The van der Waals surface area contributed by atoms with E-state index in [1.807, 2.05) is 24.3 Å². The summed E-state index contributed by atoms with van der Waals surface area (Å²) in [6, 6.07) is 29.6. The lowest BCUT2D eigenvalue weighted by Crippen LogP contribution is -3.28. The van der Waals surface area contributed by atoms with Crippen molar-refractivity contribution >= 4 is 10.9 Å². The molecule has 5 heteroatoms. The van der Waals surface area contributed by atoms with Crippen molar-refractivity contribution in [1.82, 2.24) is 9.55 Å². The molecule has 0 bridgehead atoms. The molecule has 0 aliphatic carbocycles. The van der Waals surface area contributed by atoms with Crippen molar-refractivity contribution in [1.29, 1.82) is 0 Å². The van der Waals surface area contributed by atoms with Crippen molar-refractivity contribution in [3.05, 3.63) is 113 Å². The largest absolute Gasteiger partial charge is 0.316 e. The van der Waals surface area contributed by atoms with Gasteiger partial charge >= 0.3 is 0 Å². The number of nitrogens with one attached hydrogen (secondary N) is 2. The van der Waals surface area contributed by atoms with E-state index in [1.165, 1.54) is 16.0 Å². The predicted octanol–water partition coefficient (Wildman–Crippen LogP) is 0.927. The Hall–Kier alpha value is -3.28. The minimum Gasteiger partial charge on any atom is -0.316 e. The molecular weight excluding hydrogens is 384 g/mol. The number of benzene rings is 3. The molecule has 156 valence electrons. The lowest BCUT2D eigenvalue weighted by Gasteiger charge is -2.35. The summed E-state index contributed by atoms with van der Waals surface area (Å²) in [7, 11) is 0. The van der Waals surface area contributed by atoms with Crippen molar-refractivity contribution in [2.75, 3.05) is 26.2 Å². The van der Waals surface area contributed by atoms with Gasteiger partial charge in [-0.2, -0.15) is 0 Å². The summed E-state index contributed by atoms with van der Waals surface area (Å²) in [5.74, 6) is 0. The minimum atomic E-state index is 0.0549. The quantitative estimate of drug-likeness (QED) is 0.512. The van der Waals surface area contributed by atoms with Gasteiger partial charge in [0.25, 0.3) is 5.56 Å². The van der Waals surface area contributed by atoms with Crippen molar-refractivity contribution in [3.8, 4) is 0 Å². The zero-order valence-corrected chi connectivity index (χ0v) is 17.6. The third kappa shape index (κ3) is 4.15. The van der Waals surface area contributed by atoms with E-state index < -0.39 is 0 Å². The summed E-state index contributed by atoms with van der Waals surface area (Å²) in [5.41, 5.74) is 3.55. The maximum Gasteiger partial charge on any atom is 0.265 e. The van der Waals surface area contributed by atoms with Crippen LogP contribution in [0.3, 0.4) is 0 Å². The number of para-hydroxylation sites is 1. The standard InChI is InChI=1S/C26H26N4O/c31-26-23-13-7-8-14-24(23)27-19-30(26)20-28-15-17-29(18-16-28)25(21-9-3-1-4-10-21)22-11-5-2-6-12-22/h1-14,19,25H,15-18,20H2/p+2. The van der Waals surface area contributed by atoms with E-state index in [4.69, 9.17) is 0 Å². The molecule has 0 spiro atoms. The van der Waals surface area contributed by atoms with Crippen LogP contribution in [0, 0.1) is 0 Å². The van der Waals surface area contributed by atoms with Crippen molar-refractivity contribution in [2.45, 2.75) is 12.7 Å². The summed E-state index contributed by atoms with van der Waals surface area (Å²) < 4.78 is 1.77. The van der Waals surface area contributed by atoms with Gasteiger partial charge in [-0.25, -0.2) is 9.55 Å². The van der Waals surface area contributed by atoms with Crippen molar-refractivity contribution in [2.24, 2.45) is 0 Å². The van der Waals surface area contributed by atoms with Gasteiger partial charge in [0.1, 0.15) is 38.5 Å². The second kappa shape index (κ2) is 8.84. The van der Waals surface area contributed by atoms with Crippen LogP contribution in [-0.2, 0) is 6.67 Å². The molecule has 0 saturated carbocycles. The fourth-order valence-electron chi connectivity index (χ4n) is 4.79. The number of hydrogen-bond donors (Lipinski definition) is 2. The van der Waals surface area contributed by atoms with Gasteiger partial charge in [-0.1, -0.05) is 72.8 Å². The Kier molecular flexibility index (Phi) is 5.61. The molecule has 0 unspecified atom stereocenters. The zero-order chi connectivity index (χ0) is 21.0. The lowest BCUT2D eigenvalue weighted by molar-refractivity contribution is -1.03. The Labute approximate surface area is 182 Å². The average Bonchev–Trinajstić information content (AvgIpc) is 2.84. The molecule has 1 aromatic heterocycles. The first-order valence-corrected chi connectivity index (χ1v) is 11.0. The van der Waals surface area contributed by atoms with E-state index in [2.05, 4.69) is 65.6 Å². The molecule has 31 heavy (non-hydrogen) atoms. The molecule has 0 atom stereocenters. The highest BCUT2D eigenvalue weighted by molar-refractivity contribution is 5.76. The summed E-state index contributed by atoms with van der Waals surface area (Å²) in [6.45, 7) is 4.87. The van der Waals surface area contributed by atoms with Gasteiger partial charge in [-0.3, -0.25) is 4.79 Å². The molecular formula is C26H28N4O+2. The molecule has 1 aliphatic heterocycles. The number of quaternary nitrogens is 2. The fraction of sp³-hybridized carbons (Fsp3) is 0.231. The van der Waals surface area contributed by atoms with Crippen LogP contribution >= 0.6 is 0 Å². The lowest BCUT2D eigenvalue weighted by atomic mass is 9.96. The van der Waals surface area contributed by atoms with Crippen LogP contribution in [0.2, 0.25) is 0 Å². The SMILES string of the molecule is O=c1c2ccccc2ncn1C[NH+]1CC[NH+](C(c2ccccc2)c2ccccc2)CC1. The first-order chi connectivity index (χ1) is 15.3. The Bertz CT molecular complexity index is 1160. The number of nitrogens with zero attached hydrogens (tertiary/aromatic N) is 2. The van der Waals surface area contributed by atoms with Crippen LogP contribution in [-0.4, -0.2) is 35.7 Å². The van der Waals surface area contributed by atoms with E-state index in [-0.39, 0.29) is 5.56 Å². The van der Waals surface area contributed by atoms with E-state index in [1.54, 1.807) is 15.8 Å². The third-order valence-electron chi connectivity index (χ3n) is 6.40. The Morgan fingerprint density at radius 2 is 1.35 bits per heavy atom. The molecule has 5 nitrogen and oxygen atoms in total. The Balaban J connectivity index is 1.32. The van der Waals surface area contributed by atoms with Crippen LogP contribution in [0.4, 0.5) is 0 Å². The van der Waals surface area contributed by atoms with Crippen LogP contribution < -0.4 is 15.4 Å². The van der Waals surface area contributed by atoms with Gasteiger partial charge in [0, 0.05) is 11.1 Å². The van der Waals surface area contributed by atoms with E-state index in [9.17, 15) is 4.79 Å². The number of fused-ring (bicyclic) bond motifs is 1. The molecule has 0 radical (unpaired) electrons. The van der Waals surface area contributed by atoms with Crippen molar-refractivity contribution < 1.29 is 9.80 Å². The number of hydrogen-bond acceptors (Lipinski definition) is 2. The van der Waals surface area contributed by atoms with E-state index in [0.717, 1.165) is 31.7 Å². The van der Waals surface area contributed by atoms with E-state index in [0.29, 0.717) is 18.1 Å². The summed E-state index contributed by atoms with van der Waals surface area (Å²) in [5, 5.41) is 0.696. The second-order valence-corrected chi connectivity index (χ2v) is 8.36. The van der Waals surface area contributed by atoms with Gasteiger partial charge in [0.05, 0.1) is 10.9 Å². The highest BCUT2D eigenvalue weighted by atomic mass is 16.1. The van der Waals surface area contributed by atoms with E-state index >= 15 is 0 Å². The molecule has 1 fully saturated rings. The molecule has 5 rings (SSSR count). The normalized spacial score (nSPS) is 19.0. The fourth-order valence-corrected chi connectivity index (χ4v) is 4.79. The monoisotopic (exact) mass is 412 g/mol. The van der Waals surface area contributed by atoms with Gasteiger partial charge in [-0.05, 0) is 12.1 Å². The summed E-state index contributed by atoms with van der Waals surface area (Å²) >= 11 is 0. The third-order valence-corrected chi connectivity index (χ3v) is 6.40. The Morgan fingerprint density at radius 3 is 2.00 bits per heavy atom. The highest BCUT2D eigenvalue weighted by Crippen LogP contribution is 2.18. The van der Waals surface area contributed by atoms with Crippen LogP contribution in [0.15, 0.2) is 96.1 Å². The zero-order valence-electron chi connectivity index (χ0n) is 17.6. The Morgan fingerprint density at radius 1 is 0.774 bits per heavy atom. The molecule has 1 saturated heterocycles. The van der Waals surface area contributed by atoms with Gasteiger partial charge in [0.15, 0.2) is 6.67 Å². The topological polar surface area (TPSA) is 43.8 Å². The maximum atomic E-state index is 12.8. The number of piperazine rings is 1. The minimum absolute atomic E-state index is 0.0549. The molecule has 4 aromatic rings. The van der Waals surface area contributed by atoms with Crippen LogP contribution in [0.1, 0.15) is 17.2 Å². The van der Waals surface area contributed by atoms with Crippen molar-refractivity contribution in [3.63, 3.8) is 0 Å². The van der Waals surface area contributed by atoms with Gasteiger partial charge in [-0.15, -0.1) is 0 Å². The molecule has 2 N–H and O–H groups in total. The molecule has 3 aromatic carbocycles. The highest BCUT2D eigenvalue weighted by Gasteiger charge is 2.31. The van der Waals surface area contributed by atoms with Gasteiger partial charge < -0.3 is 9.80 Å². The molecule has 0 amide bonds. The number of rotatable bonds is 5. The molecule has 2 heterocycles. The number of aromatic nitrogens is 2. The summed E-state index contributed by atoms with van der Waals surface area (Å²) in [6.07, 6.45) is 1.70. The second-order valence-electron chi connectivity index (χ2n) is 8.36. The molecule has 1 aliphatic rings. The average molecular weight is 413 g/mol. The first-order valence-electron chi connectivity index (χ1n) is 11.0. The van der Waals surface area contributed by atoms with Crippen LogP contribution in [0.25, 0.3) is 10.9 Å². The first kappa shape index (κ1) is 19.7. The maximum absolute atomic E-state index is 12.8.